The highest BCUT2D eigenvalue weighted by molar-refractivity contribution is 9.10. The first kappa shape index (κ1) is 12.6. The minimum absolute atomic E-state index is 0.0779. The summed E-state index contributed by atoms with van der Waals surface area (Å²) in [7, 11) is 1.93. The number of hydrogen-bond acceptors (Lipinski definition) is 3. The molecule has 94 valence electrons. The van der Waals surface area contributed by atoms with E-state index in [9.17, 15) is 4.79 Å². The molecular weight excluding hydrogens is 284 g/mol. The Morgan fingerprint density at radius 1 is 1.59 bits per heavy atom. The molecule has 6 heteroatoms. The molecule has 0 spiro atoms. The molecule has 1 N–H and O–H groups in total. The number of nitrogens with zero attached hydrogens (tertiary/aromatic N) is 3. The Bertz CT molecular complexity index is 443. The number of aryl methyl sites for hydroxylation is 2. The second-order valence-electron chi connectivity index (χ2n) is 4.41. The minimum Gasteiger partial charge on any atom is -0.353 e. The van der Waals surface area contributed by atoms with Crippen molar-refractivity contribution in [3.8, 4) is 0 Å². The molecule has 1 aliphatic heterocycles. The van der Waals surface area contributed by atoms with Crippen LogP contribution in [0.25, 0.3) is 0 Å². The number of carbonyl (C=O) groups is 1. The first-order valence-corrected chi connectivity index (χ1v) is 6.49. The third-order valence-electron chi connectivity index (χ3n) is 3.24. The van der Waals surface area contributed by atoms with Crippen LogP contribution in [0.4, 0.5) is 0 Å². The van der Waals surface area contributed by atoms with Gasteiger partial charge in [-0.2, -0.15) is 5.10 Å². The number of rotatable bonds is 2. The molecule has 0 radical (unpaired) electrons. The Morgan fingerprint density at radius 3 is 2.88 bits per heavy atom. The molecule has 1 saturated heterocycles. The number of amides is 1. The molecule has 2 heterocycles. The molecule has 2 rings (SSSR count). The van der Waals surface area contributed by atoms with Gasteiger partial charge in [-0.3, -0.25) is 14.4 Å². The lowest BCUT2D eigenvalue weighted by Crippen LogP contribution is -2.53. The quantitative estimate of drug-likeness (QED) is 0.879. The van der Waals surface area contributed by atoms with Gasteiger partial charge in [0.2, 0.25) is 5.91 Å². The largest absolute Gasteiger partial charge is 0.353 e. The van der Waals surface area contributed by atoms with E-state index in [0.717, 1.165) is 35.5 Å². The van der Waals surface area contributed by atoms with Gasteiger partial charge < -0.3 is 5.32 Å². The summed E-state index contributed by atoms with van der Waals surface area (Å²) in [6.45, 7) is 6.25. The van der Waals surface area contributed by atoms with Crippen LogP contribution in [-0.4, -0.2) is 39.7 Å². The molecule has 0 saturated carbocycles. The summed E-state index contributed by atoms with van der Waals surface area (Å²) in [5.74, 6) is 0.103. The number of halogens is 1. The van der Waals surface area contributed by atoms with E-state index in [1.807, 2.05) is 25.6 Å². The molecule has 1 aromatic heterocycles. The Labute approximate surface area is 109 Å². The van der Waals surface area contributed by atoms with Gasteiger partial charge in [0.15, 0.2) is 0 Å². The Kier molecular flexibility index (Phi) is 3.53. The van der Waals surface area contributed by atoms with Crippen LogP contribution >= 0.6 is 15.9 Å². The Balaban J connectivity index is 2.17. The molecular formula is C11H17BrN4O. The first-order valence-electron chi connectivity index (χ1n) is 5.70. The summed E-state index contributed by atoms with van der Waals surface area (Å²) in [6.07, 6.45) is 0. The number of hydrogen-bond donors (Lipinski definition) is 1. The van der Waals surface area contributed by atoms with Crippen LogP contribution in [-0.2, 0) is 18.4 Å². The molecule has 17 heavy (non-hydrogen) atoms. The Morgan fingerprint density at radius 2 is 2.29 bits per heavy atom. The van der Waals surface area contributed by atoms with E-state index in [1.54, 1.807) is 0 Å². The zero-order chi connectivity index (χ0) is 12.6. The molecule has 1 unspecified atom stereocenters. The molecule has 1 atom stereocenters. The lowest BCUT2D eigenvalue weighted by atomic mass is 10.2. The maximum Gasteiger partial charge on any atom is 0.237 e. The maximum atomic E-state index is 11.6. The summed E-state index contributed by atoms with van der Waals surface area (Å²) in [5.41, 5.74) is 2.10. The van der Waals surface area contributed by atoms with Crippen LogP contribution < -0.4 is 5.32 Å². The fourth-order valence-electron chi connectivity index (χ4n) is 2.09. The monoisotopic (exact) mass is 300 g/mol. The lowest BCUT2D eigenvalue weighted by molar-refractivity contribution is -0.128. The van der Waals surface area contributed by atoms with E-state index >= 15 is 0 Å². The fraction of sp³-hybridized carbons (Fsp3) is 0.636. The summed E-state index contributed by atoms with van der Waals surface area (Å²) < 4.78 is 2.91. The van der Waals surface area contributed by atoms with E-state index in [0.29, 0.717) is 0 Å². The van der Waals surface area contributed by atoms with Crippen molar-refractivity contribution >= 4 is 21.8 Å². The summed E-state index contributed by atoms with van der Waals surface area (Å²) in [4.78, 5) is 13.7. The Hall–Kier alpha value is -0.880. The fourth-order valence-corrected chi connectivity index (χ4v) is 2.55. The van der Waals surface area contributed by atoms with Crippen molar-refractivity contribution in [3.05, 3.63) is 15.9 Å². The predicted octanol–water partition coefficient (Wildman–Crippen LogP) is 0.811. The standard InChI is InChI=1S/C11H17BrN4O/c1-7-10(12)9(15(3)14-7)6-16-5-4-13-11(17)8(16)2/h8H,4-6H2,1-3H3,(H,13,17). The predicted molar refractivity (Wildman–Crippen MR) is 68.5 cm³/mol. The van der Waals surface area contributed by atoms with Gasteiger partial charge in [-0.15, -0.1) is 0 Å². The second kappa shape index (κ2) is 4.78. The van der Waals surface area contributed by atoms with Crippen LogP contribution in [0.2, 0.25) is 0 Å². The van der Waals surface area contributed by atoms with Gasteiger partial charge in [0.25, 0.3) is 0 Å². The van der Waals surface area contributed by atoms with Crippen molar-refractivity contribution in [1.82, 2.24) is 20.0 Å². The number of carbonyl (C=O) groups excluding carboxylic acids is 1. The van der Waals surface area contributed by atoms with E-state index in [4.69, 9.17) is 0 Å². The van der Waals surface area contributed by atoms with Crippen LogP contribution in [0.1, 0.15) is 18.3 Å². The lowest BCUT2D eigenvalue weighted by Gasteiger charge is -2.32. The summed E-state index contributed by atoms with van der Waals surface area (Å²) >= 11 is 3.55. The van der Waals surface area contributed by atoms with Gasteiger partial charge in [-0.1, -0.05) is 0 Å². The van der Waals surface area contributed by atoms with Crippen molar-refractivity contribution in [2.45, 2.75) is 26.4 Å². The molecule has 0 aromatic carbocycles. The number of aromatic nitrogens is 2. The van der Waals surface area contributed by atoms with Crippen LogP contribution in [0.3, 0.4) is 0 Å². The van der Waals surface area contributed by atoms with Gasteiger partial charge in [-0.25, -0.2) is 0 Å². The summed E-state index contributed by atoms with van der Waals surface area (Å²) in [6, 6.07) is -0.0779. The molecule has 1 amide bonds. The van der Waals surface area contributed by atoms with E-state index in [-0.39, 0.29) is 11.9 Å². The SMILES string of the molecule is Cc1nn(C)c(CN2CCNC(=O)C2C)c1Br. The topological polar surface area (TPSA) is 50.2 Å². The van der Waals surface area contributed by atoms with Crippen LogP contribution in [0, 0.1) is 6.92 Å². The minimum atomic E-state index is -0.0779. The number of nitrogens with one attached hydrogen (secondary N) is 1. The maximum absolute atomic E-state index is 11.6. The van der Waals surface area contributed by atoms with E-state index in [1.165, 1.54) is 0 Å². The smallest absolute Gasteiger partial charge is 0.237 e. The van der Waals surface area contributed by atoms with Crippen molar-refractivity contribution in [2.24, 2.45) is 7.05 Å². The van der Waals surface area contributed by atoms with Crippen molar-refractivity contribution in [2.75, 3.05) is 13.1 Å². The zero-order valence-electron chi connectivity index (χ0n) is 10.3. The molecule has 5 nitrogen and oxygen atoms in total. The normalized spacial score (nSPS) is 21.6. The van der Waals surface area contributed by atoms with Crippen LogP contribution in [0.15, 0.2) is 4.47 Å². The van der Waals surface area contributed by atoms with Crippen molar-refractivity contribution in [3.63, 3.8) is 0 Å². The average molecular weight is 301 g/mol. The average Bonchev–Trinajstić information content (AvgIpc) is 2.51. The van der Waals surface area contributed by atoms with Gasteiger partial charge >= 0.3 is 0 Å². The van der Waals surface area contributed by atoms with Gasteiger partial charge in [0.1, 0.15) is 0 Å². The molecule has 0 bridgehead atoms. The molecule has 1 aliphatic rings. The summed E-state index contributed by atoms with van der Waals surface area (Å²) in [5, 5.41) is 7.23. The third kappa shape index (κ3) is 2.37. The number of piperazine rings is 1. The highest BCUT2D eigenvalue weighted by Crippen LogP contribution is 2.22. The third-order valence-corrected chi connectivity index (χ3v) is 4.27. The molecule has 1 aromatic rings. The van der Waals surface area contributed by atoms with Gasteiger partial charge in [-0.05, 0) is 29.8 Å². The zero-order valence-corrected chi connectivity index (χ0v) is 11.9. The van der Waals surface area contributed by atoms with Crippen molar-refractivity contribution in [1.29, 1.82) is 0 Å². The van der Waals surface area contributed by atoms with Gasteiger partial charge in [0, 0.05) is 26.7 Å². The van der Waals surface area contributed by atoms with Gasteiger partial charge in [0.05, 0.1) is 21.9 Å². The second-order valence-corrected chi connectivity index (χ2v) is 5.20. The van der Waals surface area contributed by atoms with Crippen molar-refractivity contribution < 1.29 is 4.79 Å². The highest BCUT2D eigenvalue weighted by Gasteiger charge is 2.26. The molecule has 0 aliphatic carbocycles. The molecule has 1 fully saturated rings. The first-order chi connectivity index (χ1) is 8.00. The van der Waals surface area contributed by atoms with Crippen LogP contribution in [0.5, 0.6) is 0 Å². The van der Waals surface area contributed by atoms with E-state index < -0.39 is 0 Å². The highest BCUT2D eigenvalue weighted by atomic mass is 79.9. The van der Waals surface area contributed by atoms with E-state index in [2.05, 4.69) is 31.2 Å².